The highest BCUT2D eigenvalue weighted by molar-refractivity contribution is 7.92. The van der Waals surface area contributed by atoms with E-state index in [1.807, 2.05) is 0 Å². The van der Waals surface area contributed by atoms with Gasteiger partial charge in [0, 0.05) is 22.3 Å². The van der Waals surface area contributed by atoms with Gasteiger partial charge in [0.2, 0.25) is 5.91 Å². The minimum Gasteiger partial charge on any atom is -0.495 e. The molecule has 0 aliphatic heterocycles. The Kier molecular flexibility index (Phi) is 8.92. The smallest absolute Gasteiger partial charge is 0.338 e. The van der Waals surface area contributed by atoms with Crippen molar-refractivity contribution < 1.29 is 32.4 Å². The number of aryl methyl sites for hydroxylation is 1. The van der Waals surface area contributed by atoms with Crippen molar-refractivity contribution in [3.8, 4) is 5.75 Å². The average Bonchev–Trinajstić information content (AvgIpc) is 2.87. The molecular formula is C25H24ClN3O8S. The average molecular weight is 562 g/mol. The lowest BCUT2D eigenvalue weighted by Gasteiger charge is -2.26. The highest BCUT2D eigenvalue weighted by Crippen LogP contribution is 2.35. The zero-order valence-corrected chi connectivity index (χ0v) is 22.2. The maximum absolute atomic E-state index is 13.7. The van der Waals surface area contributed by atoms with Crippen LogP contribution in [0.2, 0.25) is 5.02 Å². The molecule has 3 aromatic carbocycles. The molecular weight excluding hydrogens is 538 g/mol. The van der Waals surface area contributed by atoms with E-state index in [9.17, 15) is 28.1 Å². The van der Waals surface area contributed by atoms with Gasteiger partial charge in [-0.1, -0.05) is 17.7 Å². The van der Waals surface area contributed by atoms with E-state index in [4.69, 9.17) is 21.1 Å². The van der Waals surface area contributed by atoms with Crippen LogP contribution in [0.4, 0.5) is 17.1 Å². The summed E-state index contributed by atoms with van der Waals surface area (Å²) in [6.45, 7) is 2.64. The van der Waals surface area contributed by atoms with Crippen molar-refractivity contribution in [1.82, 2.24) is 0 Å². The summed E-state index contributed by atoms with van der Waals surface area (Å²) in [7, 11) is -3.20. The number of ether oxygens (including phenoxy) is 2. The first kappa shape index (κ1) is 28.4. The number of nitrogens with zero attached hydrogens (tertiary/aromatic N) is 2. The number of methoxy groups -OCH3 is 1. The molecule has 0 bridgehead atoms. The van der Waals surface area contributed by atoms with Crippen molar-refractivity contribution in [3.63, 3.8) is 0 Å². The number of anilines is 2. The van der Waals surface area contributed by atoms with Crippen molar-refractivity contribution in [2.75, 3.05) is 29.9 Å². The number of rotatable bonds is 10. The van der Waals surface area contributed by atoms with Crippen LogP contribution in [0.1, 0.15) is 22.8 Å². The summed E-state index contributed by atoms with van der Waals surface area (Å²) in [4.78, 5) is 35.2. The predicted molar refractivity (Wildman–Crippen MR) is 141 cm³/mol. The van der Waals surface area contributed by atoms with Gasteiger partial charge in [-0.15, -0.1) is 0 Å². The van der Waals surface area contributed by atoms with Crippen molar-refractivity contribution >= 4 is 50.6 Å². The summed E-state index contributed by atoms with van der Waals surface area (Å²) in [5.41, 5.74) is 0.402. The van der Waals surface area contributed by atoms with Gasteiger partial charge in [0.25, 0.3) is 15.7 Å². The molecule has 13 heteroatoms. The number of nitrogens with one attached hydrogen (secondary N) is 1. The van der Waals surface area contributed by atoms with Gasteiger partial charge in [-0.25, -0.2) is 13.2 Å². The van der Waals surface area contributed by atoms with Gasteiger partial charge in [-0.05, 0) is 62.4 Å². The van der Waals surface area contributed by atoms with Crippen LogP contribution in [0.15, 0.2) is 65.6 Å². The molecule has 0 unspecified atom stereocenters. The third kappa shape index (κ3) is 6.39. The third-order valence-corrected chi connectivity index (χ3v) is 7.33. The van der Waals surface area contributed by atoms with E-state index in [1.54, 1.807) is 6.92 Å². The molecule has 3 rings (SSSR count). The Bertz CT molecular complexity index is 1480. The van der Waals surface area contributed by atoms with E-state index in [2.05, 4.69) is 5.32 Å². The molecule has 0 radical (unpaired) electrons. The molecule has 0 aliphatic rings. The number of amides is 1. The Balaban J connectivity index is 2.00. The van der Waals surface area contributed by atoms with E-state index in [1.165, 1.54) is 68.6 Å². The lowest BCUT2D eigenvalue weighted by Crippen LogP contribution is -2.38. The Morgan fingerprint density at radius 2 is 1.76 bits per heavy atom. The fourth-order valence-corrected chi connectivity index (χ4v) is 5.08. The van der Waals surface area contributed by atoms with E-state index in [0.29, 0.717) is 5.69 Å². The Hall–Kier alpha value is -4.16. The molecule has 0 fully saturated rings. The van der Waals surface area contributed by atoms with Crippen LogP contribution < -0.4 is 14.4 Å². The monoisotopic (exact) mass is 561 g/mol. The van der Waals surface area contributed by atoms with Crippen LogP contribution >= 0.6 is 11.6 Å². The maximum atomic E-state index is 13.7. The van der Waals surface area contributed by atoms with Crippen LogP contribution in [-0.2, 0) is 19.6 Å². The number of hydrogen-bond acceptors (Lipinski definition) is 8. The Labute approximate surface area is 224 Å². The van der Waals surface area contributed by atoms with Crippen LogP contribution in [0, 0.1) is 17.0 Å². The second kappa shape index (κ2) is 11.9. The molecule has 1 amide bonds. The van der Waals surface area contributed by atoms with Gasteiger partial charge in [-0.3, -0.25) is 19.2 Å². The first-order valence-corrected chi connectivity index (χ1v) is 13.0. The SMILES string of the molecule is CCOC(=O)c1ccc(NC(=O)CN(c2cc(Cl)ccc2OC)S(=O)(=O)c2ccc(C)c([N+](=O)[O-])c2)cc1. The van der Waals surface area contributed by atoms with Gasteiger partial charge in [0.1, 0.15) is 12.3 Å². The summed E-state index contributed by atoms with van der Waals surface area (Å²) in [6, 6.07) is 13.5. The van der Waals surface area contributed by atoms with Crippen molar-refractivity contribution in [2.45, 2.75) is 18.7 Å². The van der Waals surface area contributed by atoms with Crippen LogP contribution in [0.25, 0.3) is 0 Å². The lowest BCUT2D eigenvalue weighted by atomic mass is 10.2. The normalized spacial score (nSPS) is 10.9. The fourth-order valence-electron chi connectivity index (χ4n) is 3.47. The molecule has 1 N–H and O–H groups in total. The highest BCUT2D eigenvalue weighted by atomic mass is 35.5. The third-order valence-electron chi connectivity index (χ3n) is 5.34. The first-order chi connectivity index (χ1) is 18.0. The molecule has 0 saturated carbocycles. The molecule has 38 heavy (non-hydrogen) atoms. The summed E-state index contributed by atoms with van der Waals surface area (Å²) >= 11 is 6.13. The predicted octanol–water partition coefficient (Wildman–Crippen LogP) is 4.58. The molecule has 0 aliphatic carbocycles. The summed E-state index contributed by atoms with van der Waals surface area (Å²) in [5.74, 6) is -1.16. The largest absolute Gasteiger partial charge is 0.495 e. The van der Waals surface area contributed by atoms with Gasteiger partial charge >= 0.3 is 5.97 Å². The number of nitro benzene ring substituents is 1. The minimum absolute atomic E-state index is 0.0453. The number of hydrogen-bond donors (Lipinski definition) is 1. The lowest BCUT2D eigenvalue weighted by molar-refractivity contribution is -0.385. The molecule has 0 heterocycles. The second-order valence-corrected chi connectivity index (χ2v) is 10.2. The number of esters is 1. The number of carbonyl (C=O) groups excluding carboxylic acids is 2. The van der Waals surface area contributed by atoms with E-state index < -0.39 is 44.0 Å². The number of benzene rings is 3. The molecule has 0 spiro atoms. The number of halogens is 1. The molecule has 0 aromatic heterocycles. The van der Waals surface area contributed by atoms with Gasteiger partial charge in [0.15, 0.2) is 0 Å². The Morgan fingerprint density at radius 3 is 2.37 bits per heavy atom. The zero-order valence-electron chi connectivity index (χ0n) is 20.6. The van der Waals surface area contributed by atoms with Crippen LogP contribution in [0.3, 0.4) is 0 Å². The van der Waals surface area contributed by atoms with E-state index in [-0.39, 0.29) is 34.2 Å². The molecule has 11 nitrogen and oxygen atoms in total. The van der Waals surface area contributed by atoms with Crippen LogP contribution in [-0.4, -0.2) is 45.5 Å². The van der Waals surface area contributed by atoms with Gasteiger partial charge < -0.3 is 14.8 Å². The van der Waals surface area contributed by atoms with Crippen LogP contribution in [0.5, 0.6) is 5.75 Å². The summed E-state index contributed by atoms with van der Waals surface area (Å²) in [6.07, 6.45) is 0. The van der Waals surface area contributed by atoms with Gasteiger partial charge in [-0.2, -0.15) is 0 Å². The number of sulfonamides is 1. The van der Waals surface area contributed by atoms with Crippen molar-refractivity contribution in [2.24, 2.45) is 0 Å². The molecule has 0 atom stereocenters. The van der Waals surface area contributed by atoms with Gasteiger partial charge in [0.05, 0.1) is 34.8 Å². The standard InChI is InChI=1S/C25H24ClN3O8S/c1-4-37-25(31)17-6-9-19(10-7-17)27-24(30)15-28(22-13-18(26)8-12-23(22)36-3)38(34,35)20-11-5-16(2)21(14-20)29(32)33/h5-14H,4,15H2,1-3H3,(H,27,30). The second-order valence-electron chi connectivity index (χ2n) is 7.88. The summed E-state index contributed by atoms with van der Waals surface area (Å²) in [5, 5.41) is 14.2. The molecule has 3 aromatic rings. The van der Waals surface area contributed by atoms with E-state index >= 15 is 0 Å². The van der Waals surface area contributed by atoms with E-state index in [0.717, 1.165) is 10.4 Å². The van der Waals surface area contributed by atoms with Crippen molar-refractivity contribution in [1.29, 1.82) is 0 Å². The zero-order chi connectivity index (χ0) is 28.0. The van der Waals surface area contributed by atoms with Crippen molar-refractivity contribution in [3.05, 3.63) is 86.9 Å². The topological polar surface area (TPSA) is 145 Å². The highest BCUT2D eigenvalue weighted by Gasteiger charge is 2.31. The summed E-state index contributed by atoms with van der Waals surface area (Å²) < 4.78 is 38.5. The number of nitro groups is 1. The minimum atomic E-state index is -4.52. The molecule has 200 valence electrons. The quantitative estimate of drug-likeness (QED) is 0.215. The number of carbonyl (C=O) groups is 2. The maximum Gasteiger partial charge on any atom is 0.338 e. The Morgan fingerprint density at radius 1 is 1.08 bits per heavy atom. The fraction of sp³-hybridized carbons (Fsp3) is 0.200. The molecule has 0 saturated heterocycles. The first-order valence-electron chi connectivity index (χ1n) is 11.2.